The quantitative estimate of drug-likeness (QED) is 0.600. The van der Waals surface area contributed by atoms with E-state index in [1.54, 1.807) is 0 Å². The Balaban J connectivity index is 3.11. The maximum absolute atomic E-state index is 10.7. The number of pyridine rings is 1. The zero-order valence-corrected chi connectivity index (χ0v) is 6.84. The van der Waals surface area contributed by atoms with E-state index in [4.69, 9.17) is 15.9 Å². The van der Waals surface area contributed by atoms with Crippen LogP contribution < -0.4 is 5.73 Å². The summed E-state index contributed by atoms with van der Waals surface area (Å²) in [5, 5.41) is 17.5. The molecule has 0 bridgehead atoms. The molecule has 1 rings (SSSR count). The van der Waals surface area contributed by atoms with Gasteiger partial charge in [0.25, 0.3) is 0 Å². The summed E-state index contributed by atoms with van der Waals surface area (Å²) in [4.78, 5) is 14.5. The predicted molar refractivity (Wildman–Crippen MR) is 45.2 cm³/mol. The van der Waals surface area contributed by atoms with Gasteiger partial charge < -0.3 is 15.9 Å². The van der Waals surface area contributed by atoms with E-state index in [0.717, 1.165) is 0 Å². The van der Waals surface area contributed by atoms with Gasteiger partial charge in [0.15, 0.2) is 0 Å². The van der Waals surface area contributed by atoms with Crippen molar-refractivity contribution in [2.24, 2.45) is 5.73 Å². The van der Waals surface area contributed by atoms with E-state index < -0.39 is 12.0 Å². The number of aliphatic hydroxyl groups excluding tert-OH is 1. The van der Waals surface area contributed by atoms with Crippen LogP contribution in [0.25, 0.3) is 0 Å². The van der Waals surface area contributed by atoms with Crippen molar-refractivity contribution in [2.45, 2.75) is 6.04 Å². The largest absolute Gasteiger partial charge is 0.478 e. The highest BCUT2D eigenvalue weighted by molar-refractivity contribution is 5.88. The minimum atomic E-state index is -1.09. The van der Waals surface area contributed by atoms with E-state index >= 15 is 0 Å². The number of hydrogen-bond acceptors (Lipinski definition) is 4. The van der Waals surface area contributed by atoms with Crippen molar-refractivity contribution in [3.05, 3.63) is 29.6 Å². The molecule has 70 valence electrons. The molecule has 1 atom stereocenters. The summed E-state index contributed by atoms with van der Waals surface area (Å²) in [5.41, 5.74) is 5.69. The van der Waals surface area contributed by atoms with Gasteiger partial charge in [-0.1, -0.05) is 0 Å². The van der Waals surface area contributed by atoms with Crippen molar-refractivity contribution < 1.29 is 15.0 Å². The van der Waals surface area contributed by atoms with Gasteiger partial charge in [0, 0.05) is 6.20 Å². The van der Waals surface area contributed by atoms with E-state index in [2.05, 4.69) is 4.98 Å². The first-order valence-electron chi connectivity index (χ1n) is 3.71. The van der Waals surface area contributed by atoms with Gasteiger partial charge in [-0.3, -0.25) is 4.98 Å². The highest BCUT2D eigenvalue weighted by atomic mass is 16.4. The summed E-state index contributed by atoms with van der Waals surface area (Å²) >= 11 is 0. The third kappa shape index (κ3) is 2.01. The molecule has 5 nitrogen and oxygen atoms in total. The average Bonchev–Trinajstić information content (AvgIpc) is 2.16. The second kappa shape index (κ2) is 3.97. The number of aromatic nitrogens is 1. The van der Waals surface area contributed by atoms with E-state index in [1.165, 1.54) is 18.3 Å². The van der Waals surface area contributed by atoms with Gasteiger partial charge in [-0.15, -0.1) is 0 Å². The molecule has 1 aromatic rings. The monoisotopic (exact) mass is 182 g/mol. The third-order valence-corrected chi connectivity index (χ3v) is 1.62. The molecule has 4 N–H and O–H groups in total. The van der Waals surface area contributed by atoms with Crippen molar-refractivity contribution >= 4 is 5.97 Å². The lowest BCUT2D eigenvalue weighted by molar-refractivity contribution is 0.0694. The van der Waals surface area contributed by atoms with Gasteiger partial charge in [0.1, 0.15) is 0 Å². The molecule has 0 spiro atoms. The molecule has 0 saturated heterocycles. The molecule has 1 unspecified atom stereocenters. The van der Waals surface area contributed by atoms with Crippen LogP contribution in [0, 0.1) is 0 Å². The molecule has 5 heteroatoms. The van der Waals surface area contributed by atoms with Crippen LogP contribution in [0.5, 0.6) is 0 Å². The van der Waals surface area contributed by atoms with Crippen LogP contribution in [0.3, 0.4) is 0 Å². The highest BCUT2D eigenvalue weighted by Gasteiger charge is 2.15. The first-order chi connectivity index (χ1) is 6.16. The van der Waals surface area contributed by atoms with E-state index in [0.29, 0.717) is 0 Å². The second-order valence-electron chi connectivity index (χ2n) is 2.53. The Morgan fingerprint density at radius 3 is 2.92 bits per heavy atom. The molecular formula is C8H10N2O3. The van der Waals surface area contributed by atoms with Gasteiger partial charge in [0.05, 0.1) is 23.9 Å². The predicted octanol–water partition coefficient (Wildman–Crippen LogP) is -0.228. The molecule has 0 aliphatic carbocycles. The number of nitrogens with zero attached hydrogens (tertiary/aromatic N) is 1. The van der Waals surface area contributed by atoms with Gasteiger partial charge in [-0.2, -0.15) is 0 Å². The second-order valence-corrected chi connectivity index (χ2v) is 2.53. The summed E-state index contributed by atoms with van der Waals surface area (Å²) in [7, 11) is 0. The molecule has 1 heterocycles. The smallest absolute Gasteiger partial charge is 0.337 e. The first-order valence-corrected chi connectivity index (χ1v) is 3.71. The Hall–Kier alpha value is -1.46. The van der Waals surface area contributed by atoms with Crippen LogP contribution in [0.1, 0.15) is 22.1 Å². The summed E-state index contributed by atoms with van der Waals surface area (Å²) < 4.78 is 0. The van der Waals surface area contributed by atoms with Gasteiger partial charge in [0.2, 0.25) is 0 Å². The Bertz CT molecular complexity index is 314. The number of aromatic carboxylic acids is 1. The van der Waals surface area contributed by atoms with E-state index in [9.17, 15) is 4.79 Å². The number of aliphatic hydroxyl groups is 1. The van der Waals surface area contributed by atoms with Crippen molar-refractivity contribution in [1.82, 2.24) is 4.98 Å². The summed E-state index contributed by atoms with van der Waals surface area (Å²) in [5.74, 6) is -1.09. The Morgan fingerprint density at radius 1 is 1.69 bits per heavy atom. The number of carboxylic acids is 1. The van der Waals surface area contributed by atoms with Crippen molar-refractivity contribution in [1.29, 1.82) is 0 Å². The Kier molecular flexibility index (Phi) is 2.94. The van der Waals surface area contributed by atoms with Crippen molar-refractivity contribution in [3.8, 4) is 0 Å². The van der Waals surface area contributed by atoms with Crippen molar-refractivity contribution in [3.63, 3.8) is 0 Å². The van der Waals surface area contributed by atoms with Gasteiger partial charge in [-0.25, -0.2) is 4.79 Å². The third-order valence-electron chi connectivity index (χ3n) is 1.62. The molecule has 0 aromatic carbocycles. The SMILES string of the molecule is NC(CO)c1ncccc1C(=O)O. The highest BCUT2D eigenvalue weighted by Crippen LogP contribution is 2.12. The fraction of sp³-hybridized carbons (Fsp3) is 0.250. The van der Waals surface area contributed by atoms with E-state index in [1.807, 2.05) is 0 Å². The zero-order chi connectivity index (χ0) is 9.84. The van der Waals surface area contributed by atoms with Gasteiger partial charge in [-0.05, 0) is 12.1 Å². The van der Waals surface area contributed by atoms with Crippen LogP contribution >= 0.6 is 0 Å². The topological polar surface area (TPSA) is 96.4 Å². The summed E-state index contributed by atoms with van der Waals surface area (Å²) in [6.07, 6.45) is 1.44. The maximum atomic E-state index is 10.7. The molecule has 13 heavy (non-hydrogen) atoms. The minimum absolute atomic E-state index is 0.0315. The number of hydrogen-bond donors (Lipinski definition) is 3. The average molecular weight is 182 g/mol. The molecule has 1 aromatic heterocycles. The van der Waals surface area contributed by atoms with Crippen LogP contribution in [0.2, 0.25) is 0 Å². The van der Waals surface area contributed by atoms with Crippen LogP contribution in [0.15, 0.2) is 18.3 Å². The first kappa shape index (κ1) is 9.63. The molecular weight excluding hydrogens is 172 g/mol. The molecule has 0 saturated carbocycles. The van der Waals surface area contributed by atoms with Crippen molar-refractivity contribution in [2.75, 3.05) is 6.61 Å². The number of rotatable bonds is 3. The molecule has 0 amide bonds. The normalized spacial score (nSPS) is 12.5. The zero-order valence-electron chi connectivity index (χ0n) is 6.84. The standard InChI is InChI=1S/C8H10N2O3/c9-6(4-11)7-5(8(12)13)2-1-3-10-7/h1-3,6,11H,4,9H2,(H,12,13). The lowest BCUT2D eigenvalue weighted by atomic mass is 10.1. The van der Waals surface area contributed by atoms with E-state index in [-0.39, 0.29) is 17.9 Å². The fourth-order valence-corrected chi connectivity index (χ4v) is 0.980. The minimum Gasteiger partial charge on any atom is -0.478 e. The summed E-state index contributed by atoms with van der Waals surface area (Å²) in [6.45, 7) is -0.322. The van der Waals surface area contributed by atoms with Crippen LogP contribution in [-0.2, 0) is 0 Å². The molecule has 0 fully saturated rings. The number of carbonyl (C=O) groups is 1. The van der Waals surface area contributed by atoms with Crippen LogP contribution in [-0.4, -0.2) is 27.8 Å². The fourth-order valence-electron chi connectivity index (χ4n) is 0.980. The molecule has 0 radical (unpaired) electrons. The molecule has 0 aliphatic rings. The Morgan fingerprint density at radius 2 is 2.38 bits per heavy atom. The lowest BCUT2D eigenvalue weighted by Crippen LogP contribution is -2.19. The molecule has 0 aliphatic heterocycles. The number of carboxylic acid groups (broad SMARTS) is 1. The van der Waals surface area contributed by atoms with Gasteiger partial charge >= 0.3 is 5.97 Å². The Labute approximate surface area is 74.8 Å². The maximum Gasteiger partial charge on any atom is 0.337 e. The summed E-state index contributed by atoms with van der Waals surface area (Å²) in [6, 6.07) is 2.17. The lowest BCUT2D eigenvalue weighted by Gasteiger charge is -2.09. The number of nitrogens with two attached hydrogens (primary N) is 1. The van der Waals surface area contributed by atoms with Crippen LogP contribution in [0.4, 0.5) is 0 Å².